The maximum absolute atomic E-state index is 12.5. The van der Waals surface area contributed by atoms with E-state index >= 15 is 0 Å². The van der Waals surface area contributed by atoms with Crippen molar-refractivity contribution in [2.75, 3.05) is 20.2 Å². The van der Waals surface area contributed by atoms with Crippen molar-refractivity contribution in [2.45, 2.75) is 31.8 Å². The van der Waals surface area contributed by atoms with Gasteiger partial charge < -0.3 is 20.3 Å². The minimum atomic E-state index is -0.156. The van der Waals surface area contributed by atoms with E-state index in [-0.39, 0.29) is 23.4 Å². The summed E-state index contributed by atoms with van der Waals surface area (Å²) in [6.07, 6.45) is 2.17. The van der Waals surface area contributed by atoms with Crippen LogP contribution in [0.25, 0.3) is 0 Å². The lowest BCUT2D eigenvalue weighted by atomic mass is 9.60. The van der Waals surface area contributed by atoms with Crippen LogP contribution in [0.2, 0.25) is 5.02 Å². The molecule has 0 aromatic heterocycles. The highest BCUT2D eigenvalue weighted by atomic mass is 35.5. The second-order valence-corrected chi connectivity index (χ2v) is 8.71. The van der Waals surface area contributed by atoms with Crippen molar-refractivity contribution in [1.82, 2.24) is 15.5 Å². The zero-order valence-corrected chi connectivity index (χ0v) is 17.7. The van der Waals surface area contributed by atoms with Gasteiger partial charge in [0.15, 0.2) is 0 Å². The lowest BCUT2D eigenvalue weighted by molar-refractivity contribution is -0.151. The molecule has 0 bridgehead atoms. The summed E-state index contributed by atoms with van der Waals surface area (Å²) in [5.41, 5.74) is 2.05. The number of rotatable bonds is 6. The Morgan fingerprint density at radius 1 is 1.13 bits per heavy atom. The Balaban J connectivity index is 1.15. The minimum absolute atomic E-state index is 0.113. The molecule has 2 aliphatic rings. The second kappa shape index (κ2) is 8.56. The van der Waals surface area contributed by atoms with E-state index in [0.717, 1.165) is 42.8 Å². The number of hydrogen-bond acceptors (Lipinski definition) is 3. The third kappa shape index (κ3) is 4.54. The fourth-order valence-electron chi connectivity index (χ4n) is 4.36. The van der Waals surface area contributed by atoms with Gasteiger partial charge in [-0.3, -0.25) is 4.79 Å². The molecule has 1 heterocycles. The quantitative estimate of drug-likeness (QED) is 0.742. The van der Waals surface area contributed by atoms with Crippen LogP contribution < -0.4 is 15.4 Å². The van der Waals surface area contributed by atoms with E-state index in [4.69, 9.17) is 16.3 Å². The Bertz CT molecular complexity index is 918. The van der Waals surface area contributed by atoms with Gasteiger partial charge in [-0.1, -0.05) is 41.9 Å². The average molecular weight is 428 g/mol. The maximum Gasteiger partial charge on any atom is 0.315 e. The number of benzene rings is 2. The summed E-state index contributed by atoms with van der Waals surface area (Å²) in [4.78, 5) is 26.5. The number of hydrogen-bond donors (Lipinski definition) is 2. The zero-order chi connectivity index (χ0) is 21.1. The highest BCUT2D eigenvalue weighted by Gasteiger charge is 2.53. The van der Waals surface area contributed by atoms with E-state index in [9.17, 15) is 9.59 Å². The molecule has 1 aliphatic heterocycles. The zero-order valence-electron chi connectivity index (χ0n) is 17.0. The molecule has 0 unspecified atom stereocenters. The fraction of sp³-hybridized carbons (Fsp3) is 0.391. The van der Waals surface area contributed by atoms with E-state index < -0.39 is 0 Å². The van der Waals surface area contributed by atoms with Crippen LogP contribution in [0.15, 0.2) is 48.5 Å². The van der Waals surface area contributed by atoms with E-state index in [1.54, 1.807) is 7.11 Å². The van der Waals surface area contributed by atoms with Crippen LogP contribution in [0, 0.1) is 5.41 Å². The first-order valence-electron chi connectivity index (χ1n) is 10.1. The fourth-order valence-corrected chi connectivity index (χ4v) is 4.57. The van der Waals surface area contributed by atoms with Gasteiger partial charge in [0, 0.05) is 36.1 Å². The molecule has 2 N–H and O–H groups in total. The van der Waals surface area contributed by atoms with Crippen molar-refractivity contribution in [3.8, 4) is 5.75 Å². The summed E-state index contributed by atoms with van der Waals surface area (Å²) in [5.74, 6) is 0.908. The van der Waals surface area contributed by atoms with Gasteiger partial charge >= 0.3 is 6.03 Å². The van der Waals surface area contributed by atoms with Gasteiger partial charge in [-0.2, -0.15) is 0 Å². The van der Waals surface area contributed by atoms with Crippen LogP contribution in [-0.2, 0) is 17.8 Å². The highest BCUT2D eigenvalue weighted by molar-refractivity contribution is 6.31. The molecule has 2 fully saturated rings. The number of nitrogens with zero attached hydrogens (tertiary/aromatic N) is 1. The lowest BCUT2D eigenvalue weighted by Crippen LogP contribution is -2.68. The topological polar surface area (TPSA) is 70.7 Å². The molecule has 1 saturated heterocycles. The molecule has 30 heavy (non-hydrogen) atoms. The van der Waals surface area contributed by atoms with E-state index in [1.807, 2.05) is 53.4 Å². The molecule has 2 aromatic carbocycles. The molecule has 0 radical (unpaired) electrons. The molecule has 3 amide bonds. The number of likely N-dealkylation sites (tertiary alicyclic amines) is 1. The van der Waals surface area contributed by atoms with Gasteiger partial charge in [0.25, 0.3) is 0 Å². The van der Waals surface area contributed by atoms with Crippen LogP contribution in [0.4, 0.5) is 4.79 Å². The van der Waals surface area contributed by atoms with Gasteiger partial charge in [0.05, 0.1) is 13.5 Å². The number of nitrogens with one attached hydrogen (secondary N) is 2. The molecule has 158 valence electrons. The van der Waals surface area contributed by atoms with Crippen molar-refractivity contribution in [3.05, 3.63) is 64.7 Å². The Kier molecular flexibility index (Phi) is 5.86. The predicted molar refractivity (Wildman–Crippen MR) is 116 cm³/mol. The maximum atomic E-state index is 12.5. The van der Waals surface area contributed by atoms with Crippen molar-refractivity contribution < 1.29 is 14.3 Å². The number of carbonyl (C=O) groups is 2. The summed E-state index contributed by atoms with van der Waals surface area (Å²) in [6.45, 7) is 2.00. The van der Waals surface area contributed by atoms with Crippen molar-refractivity contribution in [2.24, 2.45) is 5.41 Å². The van der Waals surface area contributed by atoms with E-state index in [1.165, 1.54) is 0 Å². The van der Waals surface area contributed by atoms with Gasteiger partial charge in [0.1, 0.15) is 5.75 Å². The Morgan fingerprint density at radius 2 is 1.83 bits per heavy atom. The molecule has 1 saturated carbocycles. The molecule has 1 spiro atoms. The van der Waals surface area contributed by atoms with Gasteiger partial charge in [-0.05, 0) is 42.2 Å². The first-order valence-corrected chi connectivity index (χ1v) is 10.5. The third-order valence-corrected chi connectivity index (χ3v) is 6.38. The summed E-state index contributed by atoms with van der Waals surface area (Å²) in [6, 6.07) is 15.1. The number of amides is 3. The molecule has 6 nitrogen and oxygen atoms in total. The number of methoxy groups -OCH3 is 1. The lowest BCUT2D eigenvalue weighted by Gasteiger charge is -2.59. The molecular formula is C23H26ClN3O3. The SMILES string of the molecule is COc1ccc(CNC(=O)NC2CC3(C2)CN(C(=O)Cc2ccccc2Cl)C3)cc1. The Labute approximate surface area is 181 Å². The van der Waals surface area contributed by atoms with Crippen LogP contribution in [0.5, 0.6) is 5.75 Å². The van der Waals surface area contributed by atoms with Crippen LogP contribution >= 0.6 is 11.6 Å². The van der Waals surface area contributed by atoms with Crippen molar-refractivity contribution in [3.63, 3.8) is 0 Å². The predicted octanol–water partition coefficient (Wildman–Crippen LogP) is 3.38. The molecule has 0 atom stereocenters. The van der Waals surface area contributed by atoms with Gasteiger partial charge in [-0.15, -0.1) is 0 Å². The summed E-state index contributed by atoms with van der Waals surface area (Å²) >= 11 is 6.15. The van der Waals surface area contributed by atoms with Gasteiger partial charge in [0.2, 0.25) is 5.91 Å². The van der Waals surface area contributed by atoms with Crippen molar-refractivity contribution in [1.29, 1.82) is 0 Å². The number of ether oxygens (including phenoxy) is 1. The van der Waals surface area contributed by atoms with E-state index in [0.29, 0.717) is 18.0 Å². The summed E-state index contributed by atoms with van der Waals surface area (Å²) in [5, 5.41) is 6.55. The van der Waals surface area contributed by atoms with Crippen LogP contribution in [0.3, 0.4) is 0 Å². The number of urea groups is 1. The smallest absolute Gasteiger partial charge is 0.315 e. The highest BCUT2D eigenvalue weighted by Crippen LogP contribution is 2.48. The standard InChI is InChI=1S/C23H26ClN3O3/c1-30-19-8-6-16(7-9-19)13-25-22(29)26-18-11-23(12-18)14-27(15-23)21(28)10-17-4-2-3-5-20(17)24/h2-9,18H,10-15H2,1H3,(H2,25,26,29). The van der Waals surface area contributed by atoms with E-state index in [2.05, 4.69) is 10.6 Å². The second-order valence-electron chi connectivity index (χ2n) is 8.30. The number of carbonyl (C=O) groups excluding carboxylic acids is 2. The van der Waals surface area contributed by atoms with Crippen LogP contribution in [0.1, 0.15) is 24.0 Å². The van der Waals surface area contributed by atoms with Gasteiger partial charge in [-0.25, -0.2) is 4.79 Å². The molecule has 7 heteroatoms. The molecular weight excluding hydrogens is 402 g/mol. The Hall–Kier alpha value is -2.73. The number of halogens is 1. The molecule has 2 aromatic rings. The first kappa shape index (κ1) is 20.5. The first-order chi connectivity index (χ1) is 14.5. The normalized spacial score (nSPS) is 17.1. The molecule has 1 aliphatic carbocycles. The van der Waals surface area contributed by atoms with Crippen LogP contribution in [-0.4, -0.2) is 43.1 Å². The largest absolute Gasteiger partial charge is 0.497 e. The molecule has 4 rings (SSSR count). The Morgan fingerprint density at radius 3 is 2.50 bits per heavy atom. The monoisotopic (exact) mass is 427 g/mol. The van der Waals surface area contributed by atoms with Crippen molar-refractivity contribution >= 4 is 23.5 Å². The summed E-state index contributed by atoms with van der Waals surface area (Å²) in [7, 11) is 1.63. The average Bonchev–Trinajstić information content (AvgIpc) is 2.69. The third-order valence-electron chi connectivity index (χ3n) is 6.01. The minimum Gasteiger partial charge on any atom is -0.497 e. The summed E-state index contributed by atoms with van der Waals surface area (Å²) < 4.78 is 5.13.